The lowest BCUT2D eigenvalue weighted by atomic mass is 9.93. The van der Waals surface area contributed by atoms with Gasteiger partial charge in [-0.1, -0.05) is 50.6 Å². The normalized spacial score (nSPS) is 26.5. The van der Waals surface area contributed by atoms with Crippen LogP contribution in [-0.4, -0.2) is 18.0 Å². The zero-order valence-corrected chi connectivity index (χ0v) is 13.2. The van der Waals surface area contributed by atoms with E-state index in [4.69, 9.17) is 5.73 Å². The zero-order chi connectivity index (χ0) is 15.2. The van der Waals surface area contributed by atoms with E-state index in [-0.39, 0.29) is 5.91 Å². The first-order chi connectivity index (χ1) is 10.1. The molecule has 1 saturated carbocycles. The first-order valence-corrected chi connectivity index (χ1v) is 8.21. The van der Waals surface area contributed by atoms with E-state index in [1.807, 2.05) is 18.2 Å². The molecule has 0 bridgehead atoms. The molecular weight excluding hydrogens is 260 g/mol. The van der Waals surface area contributed by atoms with Crippen LogP contribution in [0.4, 0.5) is 0 Å². The van der Waals surface area contributed by atoms with Crippen molar-refractivity contribution in [3.05, 3.63) is 35.9 Å². The predicted octanol–water partition coefficient (Wildman–Crippen LogP) is 2.89. The van der Waals surface area contributed by atoms with Crippen LogP contribution in [0, 0.1) is 11.8 Å². The minimum absolute atomic E-state index is 0.0135. The highest BCUT2D eigenvalue weighted by Crippen LogP contribution is 2.33. The summed E-state index contributed by atoms with van der Waals surface area (Å²) in [6.45, 7) is 4.48. The molecule has 0 radical (unpaired) electrons. The largest absolute Gasteiger partial charge is 0.352 e. The Morgan fingerprint density at radius 1 is 1.33 bits per heavy atom. The van der Waals surface area contributed by atoms with E-state index in [9.17, 15) is 4.79 Å². The van der Waals surface area contributed by atoms with Gasteiger partial charge >= 0.3 is 0 Å². The van der Waals surface area contributed by atoms with Gasteiger partial charge in [0.15, 0.2) is 0 Å². The van der Waals surface area contributed by atoms with Crippen LogP contribution >= 0.6 is 0 Å². The summed E-state index contributed by atoms with van der Waals surface area (Å²) >= 11 is 0. The smallest absolute Gasteiger partial charge is 0.237 e. The van der Waals surface area contributed by atoms with E-state index in [0.717, 1.165) is 18.8 Å². The van der Waals surface area contributed by atoms with Crippen LogP contribution in [0.25, 0.3) is 0 Å². The van der Waals surface area contributed by atoms with Crippen molar-refractivity contribution in [2.75, 3.05) is 0 Å². The van der Waals surface area contributed by atoms with E-state index >= 15 is 0 Å². The number of carbonyl (C=O) groups excluding carboxylic acids is 1. The molecule has 1 amide bonds. The van der Waals surface area contributed by atoms with Crippen LogP contribution in [0.15, 0.2) is 30.3 Å². The summed E-state index contributed by atoms with van der Waals surface area (Å²) in [6.07, 6.45) is 5.08. The fraction of sp³-hybridized carbons (Fsp3) is 0.611. The number of aryl methyl sites for hydroxylation is 1. The topological polar surface area (TPSA) is 55.1 Å². The highest BCUT2D eigenvalue weighted by Gasteiger charge is 2.33. The number of carbonyl (C=O) groups is 1. The van der Waals surface area contributed by atoms with Gasteiger partial charge < -0.3 is 11.1 Å². The highest BCUT2D eigenvalue weighted by molar-refractivity contribution is 5.81. The van der Waals surface area contributed by atoms with Crippen molar-refractivity contribution in [2.24, 2.45) is 17.6 Å². The van der Waals surface area contributed by atoms with Crippen molar-refractivity contribution >= 4 is 5.91 Å². The second-order valence-corrected chi connectivity index (χ2v) is 6.35. The first kappa shape index (κ1) is 16.0. The van der Waals surface area contributed by atoms with Crippen LogP contribution in [0.5, 0.6) is 0 Å². The van der Waals surface area contributed by atoms with E-state index in [1.54, 1.807) is 0 Å². The molecular formula is C18H28N2O. The van der Waals surface area contributed by atoms with Gasteiger partial charge in [0.1, 0.15) is 0 Å². The van der Waals surface area contributed by atoms with Gasteiger partial charge in [0, 0.05) is 6.04 Å². The van der Waals surface area contributed by atoms with Crippen molar-refractivity contribution in [3.63, 3.8) is 0 Å². The van der Waals surface area contributed by atoms with Crippen molar-refractivity contribution in [1.29, 1.82) is 0 Å². The number of amides is 1. The average molecular weight is 288 g/mol. The Hall–Kier alpha value is -1.35. The van der Waals surface area contributed by atoms with Gasteiger partial charge in [-0.3, -0.25) is 4.79 Å². The van der Waals surface area contributed by atoms with Gasteiger partial charge in [0.25, 0.3) is 0 Å². The second-order valence-electron chi connectivity index (χ2n) is 6.35. The Morgan fingerprint density at radius 2 is 2.05 bits per heavy atom. The summed E-state index contributed by atoms with van der Waals surface area (Å²) in [5.41, 5.74) is 7.28. The molecule has 0 aliphatic heterocycles. The maximum absolute atomic E-state index is 12.2. The summed E-state index contributed by atoms with van der Waals surface area (Å²) in [4.78, 5) is 12.2. The molecule has 1 aromatic rings. The van der Waals surface area contributed by atoms with Gasteiger partial charge in [-0.15, -0.1) is 0 Å². The van der Waals surface area contributed by atoms with Gasteiger partial charge in [0.05, 0.1) is 6.04 Å². The molecule has 0 aromatic heterocycles. The highest BCUT2D eigenvalue weighted by atomic mass is 16.2. The molecule has 21 heavy (non-hydrogen) atoms. The van der Waals surface area contributed by atoms with Crippen LogP contribution < -0.4 is 11.1 Å². The zero-order valence-electron chi connectivity index (χ0n) is 13.2. The summed E-state index contributed by atoms with van der Waals surface area (Å²) in [5, 5.41) is 3.17. The third-order valence-electron chi connectivity index (χ3n) is 5.00. The molecule has 0 heterocycles. The Kier molecular flexibility index (Phi) is 5.80. The number of nitrogens with two attached hydrogens (primary N) is 1. The van der Waals surface area contributed by atoms with E-state index in [2.05, 4.69) is 31.3 Å². The monoisotopic (exact) mass is 288 g/mol. The minimum atomic E-state index is -0.405. The molecule has 0 saturated heterocycles. The molecule has 2 rings (SSSR count). The molecule has 1 fully saturated rings. The Labute approximate surface area is 128 Å². The molecule has 3 unspecified atom stereocenters. The maximum Gasteiger partial charge on any atom is 0.237 e. The molecule has 1 aliphatic carbocycles. The molecule has 3 nitrogen and oxygen atoms in total. The molecule has 1 aliphatic rings. The van der Waals surface area contributed by atoms with Gasteiger partial charge in [-0.05, 0) is 43.1 Å². The minimum Gasteiger partial charge on any atom is -0.352 e. The number of nitrogens with one attached hydrogen (secondary N) is 1. The van der Waals surface area contributed by atoms with Crippen LogP contribution in [0.2, 0.25) is 0 Å². The quantitative estimate of drug-likeness (QED) is 0.845. The lowest BCUT2D eigenvalue weighted by Crippen LogP contribution is -2.46. The number of hydrogen-bond acceptors (Lipinski definition) is 2. The lowest BCUT2D eigenvalue weighted by Gasteiger charge is -2.22. The lowest BCUT2D eigenvalue weighted by molar-refractivity contribution is -0.123. The van der Waals surface area contributed by atoms with Crippen molar-refractivity contribution < 1.29 is 4.79 Å². The molecule has 4 atom stereocenters. The van der Waals surface area contributed by atoms with E-state index < -0.39 is 6.04 Å². The Balaban J connectivity index is 1.78. The van der Waals surface area contributed by atoms with Crippen molar-refractivity contribution in [3.8, 4) is 0 Å². The van der Waals surface area contributed by atoms with Crippen molar-refractivity contribution in [2.45, 2.75) is 58.0 Å². The molecule has 3 N–H and O–H groups in total. The fourth-order valence-electron chi connectivity index (χ4n) is 3.42. The molecule has 1 aromatic carbocycles. The first-order valence-electron chi connectivity index (χ1n) is 8.21. The van der Waals surface area contributed by atoms with Crippen LogP contribution in [-0.2, 0) is 11.2 Å². The van der Waals surface area contributed by atoms with Gasteiger partial charge in [0.2, 0.25) is 5.91 Å². The summed E-state index contributed by atoms with van der Waals surface area (Å²) < 4.78 is 0. The molecule has 116 valence electrons. The maximum atomic E-state index is 12.2. The SMILES string of the molecule is CCC1CCC(NC(=O)[C@@H](N)CCc2ccccc2)C1C. The number of rotatable bonds is 6. The average Bonchev–Trinajstić information content (AvgIpc) is 2.86. The Bertz CT molecular complexity index is 446. The van der Waals surface area contributed by atoms with Gasteiger partial charge in [-0.25, -0.2) is 0 Å². The summed E-state index contributed by atoms with van der Waals surface area (Å²) in [5.74, 6) is 1.33. The number of benzene rings is 1. The van der Waals surface area contributed by atoms with E-state index in [0.29, 0.717) is 18.4 Å². The van der Waals surface area contributed by atoms with E-state index in [1.165, 1.54) is 18.4 Å². The summed E-state index contributed by atoms with van der Waals surface area (Å²) in [6, 6.07) is 10.1. The molecule has 0 spiro atoms. The predicted molar refractivity (Wildman–Crippen MR) is 86.8 cm³/mol. The van der Waals surface area contributed by atoms with Crippen LogP contribution in [0.3, 0.4) is 0 Å². The van der Waals surface area contributed by atoms with Crippen LogP contribution in [0.1, 0.15) is 45.1 Å². The fourth-order valence-corrected chi connectivity index (χ4v) is 3.42. The third kappa shape index (κ3) is 4.31. The standard InChI is InChI=1S/C18H28N2O/c1-3-15-10-12-17(13(15)2)20-18(21)16(19)11-9-14-7-5-4-6-8-14/h4-8,13,15-17H,3,9-12,19H2,1-2H3,(H,20,21)/t13?,15?,16-,17?/m0/s1. The third-order valence-corrected chi connectivity index (χ3v) is 5.00. The Morgan fingerprint density at radius 3 is 2.67 bits per heavy atom. The number of hydrogen-bond donors (Lipinski definition) is 2. The molecule has 3 heteroatoms. The summed E-state index contributed by atoms with van der Waals surface area (Å²) in [7, 11) is 0. The van der Waals surface area contributed by atoms with Gasteiger partial charge in [-0.2, -0.15) is 0 Å². The van der Waals surface area contributed by atoms with Crippen molar-refractivity contribution in [1.82, 2.24) is 5.32 Å². The second kappa shape index (κ2) is 7.60.